The maximum absolute atomic E-state index is 12.8. The Balaban J connectivity index is 0.00000161. The molecule has 0 amide bonds. The summed E-state index contributed by atoms with van der Waals surface area (Å²) < 4.78 is 16.7. The quantitative estimate of drug-likeness (QED) is 0.591. The smallest absolute Gasteiger partial charge is 0.265 e. The first-order chi connectivity index (χ1) is 9.79. The van der Waals surface area contributed by atoms with E-state index in [0.717, 1.165) is 12.1 Å². The zero-order valence-corrected chi connectivity index (χ0v) is 12.1. The van der Waals surface area contributed by atoms with Crippen molar-refractivity contribution in [2.45, 2.75) is 13.1 Å². The van der Waals surface area contributed by atoms with Crippen LogP contribution in [-0.2, 0) is 13.1 Å². The van der Waals surface area contributed by atoms with Gasteiger partial charge in [0.15, 0.2) is 0 Å². The highest BCUT2D eigenvalue weighted by Gasteiger charge is 2.07. The van der Waals surface area contributed by atoms with Gasteiger partial charge in [-0.3, -0.25) is 0 Å². The molecule has 0 saturated heterocycles. The van der Waals surface area contributed by atoms with E-state index < -0.39 is 0 Å². The molecule has 3 nitrogen and oxygen atoms in total. The first kappa shape index (κ1) is 15.2. The molecule has 108 valence electrons. The molecule has 0 aliphatic rings. The van der Waals surface area contributed by atoms with Crippen molar-refractivity contribution < 1.29 is 21.4 Å². The minimum Gasteiger partial charge on any atom is -1.00 e. The Hall–Kier alpha value is -2.20. The molecule has 0 aliphatic carbocycles. The zero-order chi connectivity index (χ0) is 13.8. The van der Waals surface area contributed by atoms with Gasteiger partial charge in [-0.25, -0.2) is 8.96 Å². The molecule has 0 aliphatic heterocycles. The third kappa shape index (κ3) is 4.13. The van der Waals surface area contributed by atoms with Crippen LogP contribution in [0.25, 0.3) is 0 Å². The fourth-order valence-electron chi connectivity index (χ4n) is 2.10. The summed E-state index contributed by atoms with van der Waals surface area (Å²) in [6.45, 7) is 1.44. The lowest BCUT2D eigenvalue weighted by atomic mass is 10.2. The van der Waals surface area contributed by atoms with Gasteiger partial charge in [-0.05, 0) is 23.3 Å². The van der Waals surface area contributed by atoms with E-state index in [4.69, 9.17) is 0 Å². The monoisotopic (exact) mass is 303 g/mol. The summed E-state index contributed by atoms with van der Waals surface area (Å²) in [5.41, 5.74) is 2.26. The molecule has 1 heterocycles. The van der Waals surface area contributed by atoms with Crippen molar-refractivity contribution >= 4 is 0 Å². The van der Waals surface area contributed by atoms with Crippen LogP contribution in [0.4, 0.5) is 4.39 Å². The second-order valence-electron chi connectivity index (χ2n) is 4.73. The molecule has 0 unspecified atom stereocenters. The minimum absolute atomic E-state index is 0. The average molecular weight is 304 g/mol. The van der Waals surface area contributed by atoms with E-state index >= 15 is 0 Å². The molecule has 0 bridgehead atoms. The molecule has 21 heavy (non-hydrogen) atoms. The van der Waals surface area contributed by atoms with Gasteiger partial charge >= 0.3 is 0 Å². The summed E-state index contributed by atoms with van der Waals surface area (Å²) in [4.78, 5) is 0. The molecule has 0 N–H and O–H groups in total. The summed E-state index contributed by atoms with van der Waals surface area (Å²) in [5, 5.41) is 4.33. The fourth-order valence-corrected chi connectivity index (χ4v) is 2.10. The average Bonchev–Trinajstić information content (AvgIpc) is 2.90. The van der Waals surface area contributed by atoms with Crippen LogP contribution in [0.5, 0.6) is 0 Å². The molecule has 1 aromatic heterocycles. The first-order valence-corrected chi connectivity index (χ1v) is 6.49. The Bertz CT molecular complexity index is 680. The number of hydrogen-bond acceptors (Lipinski definition) is 1. The molecule has 0 spiro atoms. The molecule has 0 atom stereocenters. The maximum Gasteiger partial charge on any atom is 0.265 e. The summed E-state index contributed by atoms with van der Waals surface area (Å²) >= 11 is 0. The molecule has 0 fully saturated rings. The van der Waals surface area contributed by atoms with Crippen LogP contribution in [0.1, 0.15) is 11.1 Å². The molecule has 5 heteroatoms. The van der Waals surface area contributed by atoms with Crippen molar-refractivity contribution in [3.8, 4) is 0 Å². The summed E-state index contributed by atoms with van der Waals surface area (Å²) in [6, 6.07) is 16.7. The summed E-state index contributed by atoms with van der Waals surface area (Å²) in [5.74, 6) is -0.210. The van der Waals surface area contributed by atoms with E-state index in [2.05, 4.69) is 17.2 Å². The van der Waals surface area contributed by atoms with E-state index in [1.54, 1.807) is 18.5 Å². The Morgan fingerprint density at radius 3 is 2.38 bits per heavy atom. The Labute approximate surface area is 129 Å². The highest BCUT2D eigenvalue weighted by Crippen LogP contribution is 2.03. The van der Waals surface area contributed by atoms with Crippen molar-refractivity contribution in [2.75, 3.05) is 0 Å². The Kier molecular flexibility index (Phi) is 5.06. The minimum atomic E-state index is -0.210. The number of rotatable bonds is 4. The summed E-state index contributed by atoms with van der Waals surface area (Å²) in [7, 11) is 0. The highest BCUT2D eigenvalue weighted by atomic mass is 35.5. The molecule has 3 rings (SSSR count). The number of benzene rings is 2. The van der Waals surface area contributed by atoms with Gasteiger partial charge in [0.1, 0.15) is 12.4 Å². The van der Waals surface area contributed by atoms with E-state index in [9.17, 15) is 4.39 Å². The van der Waals surface area contributed by atoms with Gasteiger partial charge in [0, 0.05) is 5.10 Å². The maximum atomic E-state index is 12.8. The number of aromatic nitrogens is 3. The van der Waals surface area contributed by atoms with Gasteiger partial charge in [-0.2, -0.15) is 0 Å². The van der Waals surface area contributed by atoms with Gasteiger partial charge in [0.25, 0.3) is 6.33 Å². The van der Waals surface area contributed by atoms with Crippen LogP contribution in [0.2, 0.25) is 0 Å². The van der Waals surface area contributed by atoms with Crippen molar-refractivity contribution in [3.05, 3.63) is 84.2 Å². The van der Waals surface area contributed by atoms with Crippen molar-refractivity contribution in [2.24, 2.45) is 0 Å². The first-order valence-electron chi connectivity index (χ1n) is 6.49. The normalized spacial score (nSPS) is 10.1. The van der Waals surface area contributed by atoms with Gasteiger partial charge in [0.2, 0.25) is 6.33 Å². The lowest BCUT2D eigenvalue weighted by molar-refractivity contribution is -0.689. The van der Waals surface area contributed by atoms with Crippen molar-refractivity contribution in [3.63, 3.8) is 0 Å². The predicted molar refractivity (Wildman–Crippen MR) is 73.5 cm³/mol. The summed E-state index contributed by atoms with van der Waals surface area (Å²) in [6.07, 6.45) is 3.74. The number of hydrogen-bond donors (Lipinski definition) is 0. The lowest BCUT2D eigenvalue weighted by Gasteiger charge is -1.97. The largest absolute Gasteiger partial charge is 1.00 e. The Morgan fingerprint density at radius 2 is 1.67 bits per heavy atom. The molecule has 3 aromatic rings. The molecular formula is C16H15ClFN3. The van der Waals surface area contributed by atoms with E-state index in [-0.39, 0.29) is 18.2 Å². The van der Waals surface area contributed by atoms with Crippen LogP contribution in [0.15, 0.2) is 67.3 Å². The number of nitrogens with zero attached hydrogens (tertiary/aromatic N) is 3. The van der Waals surface area contributed by atoms with E-state index in [0.29, 0.717) is 6.54 Å². The second-order valence-corrected chi connectivity index (χ2v) is 4.73. The molecule has 2 aromatic carbocycles. The molecular weight excluding hydrogens is 289 g/mol. The van der Waals surface area contributed by atoms with Crippen molar-refractivity contribution in [1.82, 2.24) is 9.78 Å². The van der Waals surface area contributed by atoms with Gasteiger partial charge in [0.05, 0.1) is 6.54 Å². The lowest BCUT2D eigenvalue weighted by Crippen LogP contribution is -3.00. The third-order valence-electron chi connectivity index (χ3n) is 3.10. The van der Waals surface area contributed by atoms with Crippen LogP contribution in [0, 0.1) is 5.82 Å². The SMILES string of the molecule is Fc1ccc(C[n+]2cnn(Cc3ccccc3)c2)cc1.[Cl-]. The van der Waals surface area contributed by atoms with Crippen molar-refractivity contribution in [1.29, 1.82) is 0 Å². The molecule has 0 radical (unpaired) electrons. The van der Waals surface area contributed by atoms with Gasteiger partial charge < -0.3 is 12.4 Å². The van der Waals surface area contributed by atoms with E-state index in [1.165, 1.54) is 17.7 Å². The van der Waals surface area contributed by atoms with Gasteiger partial charge in [-0.1, -0.05) is 42.5 Å². The molecule has 0 saturated carbocycles. The highest BCUT2D eigenvalue weighted by molar-refractivity contribution is 5.15. The van der Waals surface area contributed by atoms with E-state index in [1.807, 2.05) is 33.8 Å². The predicted octanol–water partition coefficient (Wildman–Crippen LogP) is -0.590. The number of halogens is 2. The zero-order valence-electron chi connectivity index (χ0n) is 11.4. The second kappa shape index (κ2) is 6.99. The van der Waals surface area contributed by atoms with Gasteiger partial charge in [-0.15, -0.1) is 4.68 Å². The Morgan fingerprint density at radius 1 is 0.952 bits per heavy atom. The standard InChI is InChI=1S/C16H15FN3.ClH/c17-16-8-6-15(7-9-16)10-19-12-18-20(13-19)11-14-4-2-1-3-5-14;/h1-9,12-13H,10-11H2;1H/q+1;/p-1. The van der Waals surface area contributed by atoms with Crippen LogP contribution in [0.3, 0.4) is 0 Å². The van der Waals surface area contributed by atoms with Crippen LogP contribution in [-0.4, -0.2) is 9.78 Å². The topological polar surface area (TPSA) is 21.7 Å². The fraction of sp³-hybridized carbons (Fsp3) is 0.125. The van der Waals surface area contributed by atoms with Crippen LogP contribution >= 0.6 is 0 Å². The van der Waals surface area contributed by atoms with Crippen LogP contribution < -0.4 is 17.0 Å². The third-order valence-corrected chi connectivity index (χ3v) is 3.10.